The van der Waals surface area contributed by atoms with Crippen molar-refractivity contribution in [2.24, 2.45) is 0 Å². The van der Waals surface area contributed by atoms with Crippen molar-refractivity contribution in [3.8, 4) is 0 Å². The van der Waals surface area contributed by atoms with E-state index in [-0.39, 0.29) is 10.8 Å². The first-order valence-electron chi connectivity index (χ1n) is 5.77. The van der Waals surface area contributed by atoms with E-state index in [1.807, 2.05) is 4.68 Å². The van der Waals surface area contributed by atoms with Gasteiger partial charge in [-0.25, -0.2) is 0 Å². The number of rotatable bonds is 4. The van der Waals surface area contributed by atoms with Crippen molar-refractivity contribution in [1.29, 1.82) is 0 Å². The molecule has 1 aromatic heterocycles. The summed E-state index contributed by atoms with van der Waals surface area (Å²) in [7, 11) is 0. The second kappa shape index (κ2) is 5.76. The van der Waals surface area contributed by atoms with E-state index in [2.05, 4.69) is 55.6 Å². The van der Waals surface area contributed by atoms with Crippen LogP contribution in [0.1, 0.15) is 52.5 Å². The van der Waals surface area contributed by atoms with Crippen LogP contribution < -0.4 is 0 Å². The first kappa shape index (κ1) is 15.1. The zero-order valence-corrected chi connectivity index (χ0v) is 13.5. The highest BCUT2D eigenvalue weighted by Gasteiger charge is 2.21. The van der Waals surface area contributed by atoms with Crippen LogP contribution in [0, 0.1) is 0 Å². The van der Waals surface area contributed by atoms with Crippen LogP contribution in [-0.4, -0.2) is 25.4 Å². The average molecular weight is 321 g/mol. The smallest absolute Gasteiger partial charge is 0.106 e. The van der Waals surface area contributed by atoms with Crippen LogP contribution in [-0.2, 0) is 0 Å². The molecule has 0 radical (unpaired) electrons. The van der Waals surface area contributed by atoms with Crippen molar-refractivity contribution in [3.63, 3.8) is 0 Å². The number of aromatic nitrogens is 2. The number of aliphatic hydroxyl groups is 1. The molecule has 1 rings (SSSR count). The number of aliphatic hydroxyl groups excluding tert-OH is 1. The molecule has 98 valence electrons. The van der Waals surface area contributed by atoms with Gasteiger partial charge in [0.1, 0.15) is 6.10 Å². The molecule has 0 spiro atoms. The highest BCUT2D eigenvalue weighted by Crippen LogP contribution is 2.32. The Kier molecular flexibility index (Phi) is 5.10. The molecule has 3 nitrogen and oxygen atoms in total. The van der Waals surface area contributed by atoms with E-state index in [1.54, 1.807) is 18.0 Å². The van der Waals surface area contributed by atoms with Gasteiger partial charge in [0.2, 0.25) is 0 Å². The van der Waals surface area contributed by atoms with Gasteiger partial charge in [-0.05, 0) is 29.8 Å². The molecule has 0 saturated heterocycles. The molecule has 5 heteroatoms. The molecule has 0 aliphatic heterocycles. The number of thioether (sulfide) groups is 1. The number of hydrogen-bond donors (Lipinski definition) is 1. The lowest BCUT2D eigenvalue weighted by Crippen LogP contribution is -2.16. The van der Waals surface area contributed by atoms with Crippen LogP contribution in [0.5, 0.6) is 0 Å². The van der Waals surface area contributed by atoms with E-state index in [9.17, 15) is 5.11 Å². The van der Waals surface area contributed by atoms with Gasteiger partial charge in [0.15, 0.2) is 0 Å². The van der Waals surface area contributed by atoms with Gasteiger partial charge in [0.05, 0.1) is 16.4 Å². The monoisotopic (exact) mass is 320 g/mol. The largest absolute Gasteiger partial charge is 0.386 e. The Morgan fingerprint density at radius 1 is 1.47 bits per heavy atom. The minimum absolute atomic E-state index is 0.163. The van der Waals surface area contributed by atoms with Gasteiger partial charge >= 0.3 is 0 Å². The fourth-order valence-corrected chi connectivity index (χ4v) is 2.84. The molecule has 0 aliphatic carbocycles. The molecule has 0 bridgehead atoms. The molecule has 1 aromatic rings. The third-order valence-corrected chi connectivity index (χ3v) is 4.23. The Bertz CT molecular complexity index is 371. The highest BCUT2D eigenvalue weighted by molar-refractivity contribution is 9.10. The van der Waals surface area contributed by atoms with E-state index in [4.69, 9.17) is 0 Å². The third-order valence-electron chi connectivity index (χ3n) is 2.27. The van der Waals surface area contributed by atoms with Gasteiger partial charge < -0.3 is 5.11 Å². The van der Waals surface area contributed by atoms with Crippen LogP contribution in [0.4, 0.5) is 0 Å². The van der Waals surface area contributed by atoms with Crippen molar-refractivity contribution >= 4 is 27.7 Å². The first-order valence-corrected chi connectivity index (χ1v) is 7.55. The lowest BCUT2D eigenvalue weighted by Gasteiger charge is -2.21. The molecule has 17 heavy (non-hydrogen) atoms. The van der Waals surface area contributed by atoms with Crippen molar-refractivity contribution in [2.45, 2.75) is 51.5 Å². The van der Waals surface area contributed by atoms with Crippen molar-refractivity contribution in [1.82, 2.24) is 9.78 Å². The lowest BCUT2D eigenvalue weighted by molar-refractivity contribution is 0.188. The van der Waals surface area contributed by atoms with Crippen LogP contribution in [0.25, 0.3) is 0 Å². The van der Waals surface area contributed by atoms with Crippen molar-refractivity contribution in [3.05, 3.63) is 16.4 Å². The fraction of sp³-hybridized carbons (Fsp3) is 0.750. The van der Waals surface area contributed by atoms with Crippen LogP contribution >= 0.6 is 27.7 Å². The third kappa shape index (κ3) is 4.30. The first-order chi connectivity index (χ1) is 7.72. The molecule has 1 atom stereocenters. The van der Waals surface area contributed by atoms with Gasteiger partial charge in [-0.2, -0.15) is 16.9 Å². The molecular formula is C12H21BrN2OS. The minimum Gasteiger partial charge on any atom is -0.386 e. The highest BCUT2D eigenvalue weighted by atomic mass is 79.9. The van der Waals surface area contributed by atoms with Crippen LogP contribution in [0.15, 0.2) is 10.7 Å². The summed E-state index contributed by atoms with van der Waals surface area (Å²) < 4.78 is 2.92. The normalized spacial score (nSPS) is 14.4. The van der Waals surface area contributed by atoms with Gasteiger partial charge in [-0.15, -0.1) is 0 Å². The summed E-state index contributed by atoms with van der Waals surface area (Å²) in [6.45, 7) is 10.6. The summed E-state index contributed by atoms with van der Waals surface area (Å²) in [6, 6.07) is 0.255. The topological polar surface area (TPSA) is 38.0 Å². The summed E-state index contributed by atoms with van der Waals surface area (Å²) in [5.74, 6) is 0.681. The maximum Gasteiger partial charge on any atom is 0.106 e. The van der Waals surface area contributed by atoms with Crippen molar-refractivity contribution in [2.75, 3.05) is 5.75 Å². The van der Waals surface area contributed by atoms with E-state index < -0.39 is 6.10 Å². The Labute approximate surface area is 116 Å². The molecule has 0 aliphatic rings. The molecular weight excluding hydrogens is 300 g/mol. The van der Waals surface area contributed by atoms with Gasteiger partial charge in [0.25, 0.3) is 0 Å². The second-order valence-electron chi connectivity index (χ2n) is 5.36. The van der Waals surface area contributed by atoms with Crippen LogP contribution in [0.2, 0.25) is 0 Å². The second-order valence-corrected chi connectivity index (χ2v) is 8.06. The Hall–Kier alpha value is -0.0000000000000000555. The Balaban J connectivity index is 2.81. The molecule has 0 saturated carbocycles. The Morgan fingerprint density at radius 3 is 2.53 bits per heavy atom. The molecule has 0 amide bonds. The van der Waals surface area contributed by atoms with E-state index in [0.717, 1.165) is 10.2 Å². The molecule has 1 N–H and O–H groups in total. The maximum atomic E-state index is 10.3. The lowest BCUT2D eigenvalue weighted by atomic mass is 10.2. The number of halogens is 1. The van der Waals surface area contributed by atoms with Crippen LogP contribution in [0.3, 0.4) is 0 Å². The summed E-state index contributed by atoms with van der Waals surface area (Å²) in [5, 5.41) is 14.6. The minimum atomic E-state index is -0.488. The maximum absolute atomic E-state index is 10.3. The summed E-state index contributed by atoms with van der Waals surface area (Å²) in [5.41, 5.74) is 0.872. The van der Waals surface area contributed by atoms with Gasteiger partial charge in [0, 0.05) is 16.5 Å². The van der Waals surface area contributed by atoms with E-state index in [0.29, 0.717) is 5.75 Å². The number of nitrogens with zero attached hydrogens (tertiary/aromatic N) is 2. The zero-order valence-electron chi connectivity index (χ0n) is 11.1. The molecule has 1 unspecified atom stereocenters. The standard InChI is InChI=1S/C12H21BrN2OS/c1-8(2)15-11(9(13)6-14-15)10(16)7-17-12(3,4)5/h6,8,10,16H,7H2,1-5H3. The summed E-state index contributed by atoms with van der Waals surface area (Å²) in [6.07, 6.45) is 1.26. The predicted octanol–water partition coefficient (Wildman–Crippen LogP) is 3.79. The summed E-state index contributed by atoms with van der Waals surface area (Å²) in [4.78, 5) is 0. The quantitative estimate of drug-likeness (QED) is 0.917. The SMILES string of the molecule is CC(C)n1ncc(Br)c1C(O)CSC(C)(C)C. The predicted molar refractivity (Wildman–Crippen MR) is 77.5 cm³/mol. The number of hydrogen-bond acceptors (Lipinski definition) is 3. The molecule has 0 aromatic carbocycles. The van der Waals surface area contributed by atoms with Gasteiger partial charge in [-0.3, -0.25) is 4.68 Å². The van der Waals surface area contributed by atoms with Crippen molar-refractivity contribution < 1.29 is 5.11 Å². The van der Waals surface area contributed by atoms with Gasteiger partial charge in [-0.1, -0.05) is 20.8 Å². The van der Waals surface area contributed by atoms with E-state index in [1.165, 1.54) is 0 Å². The zero-order chi connectivity index (χ0) is 13.2. The molecule has 1 heterocycles. The Morgan fingerprint density at radius 2 is 2.06 bits per heavy atom. The fourth-order valence-electron chi connectivity index (χ4n) is 1.48. The molecule has 0 fully saturated rings. The average Bonchev–Trinajstić information content (AvgIpc) is 2.55. The van der Waals surface area contributed by atoms with E-state index >= 15 is 0 Å². The summed E-state index contributed by atoms with van der Waals surface area (Å²) >= 11 is 5.21.